The summed E-state index contributed by atoms with van der Waals surface area (Å²) in [5, 5.41) is 8.29. The zero-order valence-electron chi connectivity index (χ0n) is 13.9. The molecule has 25 heavy (non-hydrogen) atoms. The van der Waals surface area contributed by atoms with Crippen molar-refractivity contribution in [3.05, 3.63) is 65.7 Å². The van der Waals surface area contributed by atoms with Crippen molar-refractivity contribution in [3.63, 3.8) is 0 Å². The summed E-state index contributed by atoms with van der Waals surface area (Å²) in [6.45, 7) is 1.75. The minimum absolute atomic E-state index is 0.0938. The molecule has 6 nitrogen and oxygen atoms in total. The van der Waals surface area contributed by atoms with Gasteiger partial charge in [0.25, 0.3) is 0 Å². The molecule has 0 aliphatic carbocycles. The number of carbonyl (C=O) groups is 1. The molecular weight excluding hydrogens is 340 g/mol. The van der Waals surface area contributed by atoms with Crippen LogP contribution in [0.5, 0.6) is 0 Å². The van der Waals surface area contributed by atoms with Gasteiger partial charge in [0, 0.05) is 0 Å². The molecule has 0 radical (unpaired) electrons. The van der Waals surface area contributed by atoms with E-state index in [1.807, 2.05) is 6.07 Å². The fraction of sp³-hybridized carbons (Fsp3) is 0.278. The fourth-order valence-electron chi connectivity index (χ4n) is 2.79. The average Bonchev–Trinajstić information content (AvgIpc) is 2.59. The molecule has 0 amide bonds. The number of hydrogen-bond acceptors (Lipinski definition) is 5. The number of sulfone groups is 1. The highest BCUT2D eigenvalue weighted by atomic mass is 32.2. The molecule has 2 atom stereocenters. The van der Waals surface area contributed by atoms with Crippen molar-refractivity contribution in [3.8, 4) is 0 Å². The van der Waals surface area contributed by atoms with Crippen molar-refractivity contribution in [1.29, 1.82) is 0 Å². The van der Waals surface area contributed by atoms with E-state index in [1.54, 1.807) is 55.5 Å². The van der Waals surface area contributed by atoms with Crippen LogP contribution in [0.2, 0.25) is 0 Å². The van der Waals surface area contributed by atoms with Crippen LogP contribution in [0, 0.1) is 6.92 Å². The van der Waals surface area contributed by atoms with Crippen molar-refractivity contribution >= 4 is 15.8 Å². The summed E-state index contributed by atoms with van der Waals surface area (Å²) in [6, 6.07) is 14.6. The van der Waals surface area contributed by atoms with Gasteiger partial charge in [-0.2, -0.15) is 0 Å². The molecular formula is C18H22N2O4S. The fourth-order valence-corrected chi connectivity index (χ4v) is 4.85. The van der Waals surface area contributed by atoms with Gasteiger partial charge in [-0.25, -0.2) is 13.8 Å². The molecule has 2 rings (SSSR count). The first-order chi connectivity index (χ1) is 11.9. The Hall–Kier alpha value is -2.22. The number of hydrazine groups is 1. The molecule has 7 heteroatoms. The standard InChI is InChI=1S/C18H22N2O4S/c1-13-7-5-6-10-16(13)25(23,24)17(14-8-3-2-4-9-14)12-11-15(20-19)18(21)22/h2-10,15,17,20H,11-12,19H2,1H3,(H,21,22). The van der Waals surface area contributed by atoms with Gasteiger partial charge in [0.1, 0.15) is 6.04 Å². The monoisotopic (exact) mass is 362 g/mol. The summed E-state index contributed by atoms with van der Waals surface area (Å²) in [7, 11) is -3.68. The van der Waals surface area contributed by atoms with Crippen molar-refractivity contribution < 1.29 is 18.3 Å². The minimum atomic E-state index is -3.68. The summed E-state index contributed by atoms with van der Waals surface area (Å²) in [5.74, 6) is 4.15. The van der Waals surface area contributed by atoms with Gasteiger partial charge in [0.05, 0.1) is 10.1 Å². The van der Waals surface area contributed by atoms with Crippen LogP contribution in [-0.2, 0) is 14.6 Å². The van der Waals surface area contributed by atoms with E-state index in [9.17, 15) is 13.2 Å². The zero-order chi connectivity index (χ0) is 18.4. The topological polar surface area (TPSA) is 109 Å². The van der Waals surface area contributed by atoms with Crippen molar-refractivity contribution in [1.82, 2.24) is 5.43 Å². The number of carboxylic acid groups (broad SMARTS) is 1. The van der Waals surface area contributed by atoms with Crippen molar-refractivity contribution in [2.75, 3.05) is 0 Å². The normalized spacial score (nSPS) is 14.0. The first kappa shape index (κ1) is 19.1. The third kappa shape index (κ3) is 4.45. The molecule has 0 aliphatic rings. The van der Waals surface area contributed by atoms with Crippen LogP contribution in [-0.4, -0.2) is 25.5 Å². The van der Waals surface area contributed by atoms with Crippen LogP contribution < -0.4 is 11.3 Å². The molecule has 0 bridgehead atoms. The summed E-state index contributed by atoms with van der Waals surface area (Å²) < 4.78 is 26.5. The quantitative estimate of drug-likeness (QED) is 0.491. The van der Waals surface area contributed by atoms with E-state index in [-0.39, 0.29) is 17.7 Å². The van der Waals surface area contributed by atoms with Gasteiger partial charge < -0.3 is 5.11 Å². The molecule has 0 aromatic heterocycles. The molecule has 0 saturated heterocycles. The number of benzene rings is 2. The van der Waals surface area contributed by atoms with Crippen LogP contribution >= 0.6 is 0 Å². The van der Waals surface area contributed by atoms with Gasteiger partial charge in [-0.15, -0.1) is 0 Å². The summed E-state index contributed by atoms with van der Waals surface area (Å²) in [5.41, 5.74) is 3.51. The van der Waals surface area contributed by atoms with Gasteiger partial charge in [0.2, 0.25) is 0 Å². The van der Waals surface area contributed by atoms with E-state index >= 15 is 0 Å². The maximum Gasteiger partial charge on any atom is 0.322 e. The smallest absolute Gasteiger partial charge is 0.322 e. The SMILES string of the molecule is Cc1ccccc1S(=O)(=O)C(CCC(NN)C(=O)O)c1ccccc1. The number of rotatable bonds is 8. The molecule has 4 N–H and O–H groups in total. The molecule has 2 unspecified atom stereocenters. The van der Waals surface area contributed by atoms with Crippen LogP contribution in [0.3, 0.4) is 0 Å². The molecule has 0 spiro atoms. The van der Waals surface area contributed by atoms with E-state index in [4.69, 9.17) is 10.9 Å². The van der Waals surface area contributed by atoms with E-state index in [2.05, 4.69) is 5.43 Å². The van der Waals surface area contributed by atoms with E-state index in [0.717, 1.165) is 0 Å². The lowest BCUT2D eigenvalue weighted by Crippen LogP contribution is -2.41. The number of nitrogens with one attached hydrogen (secondary N) is 1. The molecule has 134 valence electrons. The predicted molar refractivity (Wildman–Crippen MR) is 95.5 cm³/mol. The third-order valence-corrected chi connectivity index (χ3v) is 6.49. The summed E-state index contributed by atoms with van der Waals surface area (Å²) in [6.07, 6.45) is 0.234. The van der Waals surface area contributed by atoms with Crippen LogP contribution in [0.1, 0.15) is 29.2 Å². The van der Waals surface area contributed by atoms with Gasteiger partial charge in [-0.05, 0) is 37.0 Å². The number of aryl methyl sites for hydroxylation is 1. The van der Waals surface area contributed by atoms with Crippen molar-refractivity contribution in [2.45, 2.75) is 36.0 Å². The lowest BCUT2D eigenvalue weighted by Gasteiger charge is -2.21. The lowest BCUT2D eigenvalue weighted by atomic mass is 10.0. The summed E-state index contributed by atoms with van der Waals surface area (Å²) >= 11 is 0. The number of nitrogens with two attached hydrogens (primary N) is 1. The second-order valence-corrected chi connectivity index (χ2v) is 7.94. The minimum Gasteiger partial charge on any atom is -0.480 e. The van der Waals surface area contributed by atoms with Gasteiger partial charge >= 0.3 is 5.97 Å². The lowest BCUT2D eigenvalue weighted by molar-refractivity contribution is -0.139. The van der Waals surface area contributed by atoms with Crippen LogP contribution in [0.25, 0.3) is 0 Å². The van der Waals surface area contributed by atoms with Gasteiger partial charge in [-0.3, -0.25) is 10.6 Å². The molecule has 2 aromatic rings. The average molecular weight is 362 g/mol. The van der Waals surface area contributed by atoms with E-state index in [0.29, 0.717) is 11.1 Å². The molecule has 0 aliphatic heterocycles. The Labute approximate surface area is 147 Å². The molecule has 0 fully saturated rings. The maximum absolute atomic E-state index is 13.2. The zero-order valence-corrected chi connectivity index (χ0v) is 14.7. The number of aliphatic carboxylic acids is 1. The van der Waals surface area contributed by atoms with E-state index < -0.39 is 27.1 Å². The van der Waals surface area contributed by atoms with Crippen molar-refractivity contribution in [2.24, 2.45) is 5.84 Å². The highest BCUT2D eigenvalue weighted by Crippen LogP contribution is 2.34. The Morgan fingerprint density at radius 2 is 1.68 bits per heavy atom. The highest BCUT2D eigenvalue weighted by Gasteiger charge is 2.31. The Kier molecular flexibility index (Phi) is 6.30. The maximum atomic E-state index is 13.2. The molecule has 0 heterocycles. The van der Waals surface area contributed by atoms with Crippen LogP contribution in [0.15, 0.2) is 59.5 Å². The van der Waals surface area contributed by atoms with Gasteiger partial charge in [-0.1, -0.05) is 48.5 Å². The largest absolute Gasteiger partial charge is 0.480 e. The first-order valence-electron chi connectivity index (χ1n) is 7.91. The first-order valence-corrected chi connectivity index (χ1v) is 9.46. The second-order valence-electron chi connectivity index (χ2n) is 5.84. The van der Waals surface area contributed by atoms with E-state index in [1.165, 1.54) is 0 Å². The Morgan fingerprint density at radius 3 is 2.24 bits per heavy atom. The Morgan fingerprint density at radius 1 is 1.08 bits per heavy atom. The predicted octanol–water partition coefficient (Wildman–Crippen LogP) is 2.21. The molecule has 2 aromatic carbocycles. The highest BCUT2D eigenvalue weighted by molar-refractivity contribution is 7.91. The molecule has 0 saturated carbocycles. The summed E-state index contributed by atoms with van der Waals surface area (Å²) in [4.78, 5) is 11.4. The number of carboxylic acids is 1. The third-order valence-electron chi connectivity index (χ3n) is 4.16. The van der Waals surface area contributed by atoms with Gasteiger partial charge in [0.15, 0.2) is 9.84 Å². The van der Waals surface area contributed by atoms with Crippen LogP contribution in [0.4, 0.5) is 0 Å². The second kappa shape index (κ2) is 8.24. The number of hydrogen-bond donors (Lipinski definition) is 3. The Balaban J connectivity index is 2.42. The Bertz CT molecular complexity index is 822.